The minimum atomic E-state index is -3.78. The molecule has 0 bridgehead atoms. The molecule has 0 spiro atoms. The molecule has 3 unspecified atom stereocenters. The van der Waals surface area contributed by atoms with E-state index in [1.165, 1.54) is 18.2 Å². The zero-order chi connectivity index (χ0) is 96.6. The zero-order valence-electron chi connectivity index (χ0n) is 73.5. The van der Waals surface area contributed by atoms with Crippen LogP contribution in [-0.2, 0) is 107 Å². The predicted octanol–water partition coefficient (Wildman–Crippen LogP) is 11.1. The van der Waals surface area contributed by atoms with E-state index in [-0.39, 0.29) is 165 Å². The Bertz CT molecular complexity index is 5620. The van der Waals surface area contributed by atoms with Crippen molar-refractivity contribution in [2.75, 3.05) is 158 Å². The molecule has 0 radical (unpaired) electrons. The second kappa shape index (κ2) is 49.6. The summed E-state index contributed by atoms with van der Waals surface area (Å²) in [5, 5.41) is 29.6. The standard InChI is InChI=1S/C53H61Cl4N5O11S2.C23H30Cl2N2O4S.C16H12N2O9/c1-61-31-46(44-27-39(54)29-50(56)48(44)33-61)35-4-8-42(9-5-35)74(66,67)23-3-15-70-19-20-71-16-12-58-52(64)37-24-38(26-41(63)25-37)53(65)59-13-17-72-21-22-73-18-14-60-75(68,69)43-10-6-36(7-11-43)47-32-62(2)34-49-45(47)28-40(55)30-51(49)57;1-27-15-21(20-13-18(24)14-23(25)22(20)16-27)17-3-5-19(6-4-17)32(28,29)12-2-8-30-10-11-31-9-7-26;19-10-6-8(15(24)26-17-11(20)1-2-12(17)21)5-9(7-10)16(25)27-18-13(22)3-4-14(18)23/h4-11,24-30,46-47,60,63H,3,12-23,31-34H2,1-2H3,(H,58,64)(H,59,65);3-6,13-14,21H,2,7-12,15-16,26H2,1H3;5-7,19H,1-4H2. The normalized spacial score (nSPS) is 16.4. The van der Waals surface area contributed by atoms with Crippen LogP contribution >= 0.6 is 69.6 Å². The number of phenolic OH excluding ortho intramolecular Hbond substituents is 2. The van der Waals surface area contributed by atoms with Gasteiger partial charge in [0.05, 0.1) is 103 Å². The number of benzene rings is 8. The molecule has 6 amide bonds. The summed E-state index contributed by atoms with van der Waals surface area (Å²) in [5.74, 6) is -6.93. The van der Waals surface area contributed by atoms with Crippen LogP contribution in [0.25, 0.3) is 0 Å². The van der Waals surface area contributed by atoms with Crippen molar-refractivity contribution in [1.82, 2.24) is 40.2 Å². The van der Waals surface area contributed by atoms with E-state index in [1.807, 2.05) is 75.7 Å². The number of nitrogens with zero attached hydrogens (tertiary/aromatic N) is 5. The summed E-state index contributed by atoms with van der Waals surface area (Å²) in [6, 6.07) is 38.7. The first-order valence-electron chi connectivity index (χ1n) is 42.8. The Labute approximate surface area is 806 Å². The van der Waals surface area contributed by atoms with E-state index in [0.29, 0.717) is 104 Å². The average Bonchev–Trinajstić information content (AvgIpc) is 1.73. The molecule has 8 aromatic rings. The first kappa shape index (κ1) is 105. The number of fused-ring (bicyclic) bond motifs is 3. The number of hydroxylamine groups is 4. The Morgan fingerprint density at radius 3 is 1.02 bits per heavy atom. The quantitative estimate of drug-likeness (QED) is 0.0153. The average molecular weight is 2030 g/mol. The first-order chi connectivity index (χ1) is 63.9. The number of sulfone groups is 2. The number of ether oxygens (including phenoxy) is 6. The molecule has 5 heterocycles. The van der Waals surface area contributed by atoms with Crippen LogP contribution in [0.4, 0.5) is 0 Å². The number of sulfonamides is 1. The van der Waals surface area contributed by atoms with Gasteiger partial charge >= 0.3 is 11.9 Å². The number of likely N-dealkylation sites (N-methyl/N-ethyl adjacent to an activating group) is 3. The van der Waals surface area contributed by atoms with Crippen LogP contribution < -0.4 is 21.1 Å². The highest BCUT2D eigenvalue weighted by Crippen LogP contribution is 2.43. The molecular weight excluding hydrogens is 1920 g/mol. The van der Waals surface area contributed by atoms with Gasteiger partial charge in [-0.05, 0) is 193 Å². The van der Waals surface area contributed by atoms with Crippen molar-refractivity contribution in [3.8, 4) is 11.5 Å². The van der Waals surface area contributed by atoms with E-state index in [0.717, 1.165) is 94.4 Å². The van der Waals surface area contributed by atoms with Crippen LogP contribution in [0.15, 0.2) is 160 Å². The number of hydrogen-bond acceptors (Lipinski definition) is 28. The summed E-state index contributed by atoms with van der Waals surface area (Å²) in [4.78, 5) is 112. The molecule has 42 heteroatoms. The molecule has 8 aromatic carbocycles. The third-order valence-corrected chi connectivity index (χ3v) is 28.7. The largest absolute Gasteiger partial charge is 0.508 e. The molecule has 13 rings (SSSR count). The maximum Gasteiger partial charge on any atom is 0.364 e. The number of phenols is 2. The smallest absolute Gasteiger partial charge is 0.364 e. The summed E-state index contributed by atoms with van der Waals surface area (Å²) < 4.78 is 113. The number of aromatic hydroxyl groups is 2. The van der Waals surface area contributed by atoms with Gasteiger partial charge in [-0.3, -0.25) is 28.8 Å². The lowest BCUT2D eigenvalue weighted by atomic mass is 9.85. The highest BCUT2D eigenvalue weighted by molar-refractivity contribution is 7.91. The number of imide groups is 2. The molecule has 3 atom stereocenters. The number of carbonyl (C=O) groups excluding carboxylic acids is 8. The Morgan fingerprint density at radius 1 is 0.388 bits per heavy atom. The van der Waals surface area contributed by atoms with E-state index in [4.69, 9.17) is 113 Å². The van der Waals surface area contributed by atoms with E-state index in [1.54, 1.807) is 54.6 Å². The van der Waals surface area contributed by atoms with Gasteiger partial charge in [-0.15, -0.1) is 10.1 Å². The molecule has 2 fully saturated rings. The van der Waals surface area contributed by atoms with Crippen molar-refractivity contribution in [3.05, 3.63) is 248 Å². The Hall–Kier alpha value is -9.33. The van der Waals surface area contributed by atoms with Crippen LogP contribution in [0.3, 0.4) is 0 Å². The van der Waals surface area contributed by atoms with Crippen molar-refractivity contribution in [2.24, 2.45) is 5.73 Å². The Balaban J connectivity index is 0.000000237. The lowest BCUT2D eigenvalue weighted by Crippen LogP contribution is -2.32. The fourth-order valence-corrected chi connectivity index (χ4v) is 20.7. The van der Waals surface area contributed by atoms with Gasteiger partial charge in [0.25, 0.3) is 35.4 Å². The molecule has 5 aliphatic heterocycles. The maximum absolute atomic E-state index is 13.1. The number of nitrogens with two attached hydrogens (primary N) is 1. The fraction of sp³-hybridized carbons (Fsp3) is 0.391. The fourth-order valence-electron chi connectivity index (χ4n) is 15.4. The van der Waals surface area contributed by atoms with Crippen LogP contribution in [-0.4, -0.2) is 265 Å². The lowest BCUT2D eigenvalue weighted by Gasteiger charge is -2.33. The van der Waals surface area contributed by atoms with Crippen molar-refractivity contribution < 1.29 is 112 Å². The van der Waals surface area contributed by atoms with Crippen LogP contribution in [0.2, 0.25) is 30.1 Å². The molecule has 5 aliphatic rings. The summed E-state index contributed by atoms with van der Waals surface area (Å²) in [6.45, 7) is 8.50. The molecule has 0 saturated carbocycles. The van der Waals surface area contributed by atoms with E-state index < -0.39 is 82.8 Å². The number of carbonyl (C=O) groups is 8. The molecule has 33 nitrogen and oxygen atoms in total. The third-order valence-electron chi connectivity index (χ3n) is 21.9. The predicted molar refractivity (Wildman–Crippen MR) is 500 cm³/mol. The number of amides is 6. The van der Waals surface area contributed by atoms with Crippen molar-refractivity contribution in [3.63, 3.8) is 0 Å². The van der Waals surface area contributed by atoms with Crippen LogP contribution in [0.1, 0.15) is 148 Å². The monoisotopic (exact) mass is 2020 g/mol. The van der Waals surface area contributed by atoms with Crippen molar-refractivity contribution in [1.29, 1.82) is 0 Å². The summed E-state index contributed by atoms with van der Waals surface area (Å²) >= 11 is 38.4. The third kappa shape index (κ3) is 29.6. The van der Waals surface area contributed by atoms with Gasteiger partial charge in [0.1, 0.15) is 11.5 Å². The molecule has 0 aliphatic carbocycles. The lowest BCUT2D eigenvalue weighted by molar-refractivity contribution is -0.173. The van der Waals surface area contributed by atoms with E-state index in [2.05, 4.69) is 30.1 Å². The van der Waals surface area contributed by atoms with Gasteiger partial charge in [-0.25, -0.2) is 39.6 Å². The Morgan fingerprint density at radius 2 is 0.687 bits per heavy atom. The van der Waals surface area contributed by atoms with Gasteiger partial charge in [-0.1, -0.05) is 106 Å². The second-order valence-electron chi connectivity index (χ2n) is 32.0. The SMILES string of the molecule is CN1Cc2c(Cl)cc(Cl)cc2C(c2ccc(S(=O)(=O)CCCOCCOCCN)cc2)C1.CN1Cc2c(Cl)cc(Cl)cc2C(c2ccc(S(=O)(=O)CCCOCCOCCNC(=O)c3cc(O)cc(C(=O)NCCOCCOCCNS(=O)(=O)c4ccc(C5CN(C)Cc6c(Cl)cc(Cl)cc65)cc4)c3)cc2)C1.O=C(ON1C(=O)CCC1=O)c1cc(O)cc(C(=O)ON2C(=O)CCC2=O)c1. The topological polar surface area (TPSA) is 432 Å². The highest BCUT2D eigenvalue weighted by atomic mass is 35.5. The zero-order valence-corrected chi connectivity index (χ0v) is 80.5. The Kier molecular flexibility index (Phi) is 38.9. The first-order valence-corrected chi connectivity index (χ1v) is 49.8. The molecule has 134 heavy (non-hydrogen) atoms. The van der Waals surface area contributed by atoms with Gasteiger partial charge in [0.2, 0.25) is 10.0 Å². The summed E-state index contributed by atoms with van der Waals surface area (Å²) in [6.07, 6.45) is 0.344. The number of halogens is 6. The highest BCUT2D eigenvalue weighted by Gasteiger charge is 2.37. The number of hydrogen-bond donors (Lipinski definition) is 6. The molecule has 7 N–H and O–H groups in total. The molecule has 720 valence electrons. The van der Waals surface area contributed by atoms with E-state index >= 15 is 0 Å². The minimum absolute atomic E-state index is 0.00162. The number of nitrogens with one attached hydrogen (secondary N) is 3. The van der Waals surface area contributed by atoms with Gasteiger partial charge in [0, 0.05) is 163 Å². The number of rotatable bonds is 41. The van der Waals surface area contributed by atoms with Gasteiger partial charge in [-0.2, -0.15) is 0 Å². The second-order valence-corrected chi connectivity index (χ2v) is 40.5. The van der Waals surface area contributed by atoms with E-state index in [9.17, 15) is 73.8 Å². The van der Waals surface area contributed by atoms with Crippen molar-refractivity contribution >= 4 is 147 Å². The summed E-state index contributed by atoms with van der Waals surface area (Å²) in [7, 11) is -4.61. The summed E-state index contributed by atoms with van der Waals surface area (Å²) in [5.41, 5.74) is 14.0. The van der Waals surface area contributed by atoms with Crippen LogP contribution in [0, 0.1) is 0 Å². The van der Waals surface area contributed by atoms with Gasteiger partial charge in [0.15, 0.2) is 19.7 Å². The minimum Gasteiger partial charge on any atom is -0.508 e. The molecule has 2 saturated heterocycles. The van der Waals surface area contributed by atoms with Crippen LogP contribution in [0.5, 0.6) is 11.5 Å². The molecular formula is C92H103Cl6N9O24S3. The van der Waals surface area contributed by atoms with Crippen molar-refractivity contribution in [2.45, 2.75) is 90.6 Å². The van der Waals surface area contributed by atoms with Gasteiger partial charge < -0.3 is 79.4 Å². The maximum atomic E-state index is 13.1. The molecule has 0 aromatic heterocycles.